The zero-order valence-electron chi connectivity index (χ0n) is 24.7. The number of hydrogen-bond donors (Lipinski definition) is 2. The molecule has 1 aliphatic heterocycles. The standard InChI is InChI=1S/C30H38N6O6/c1-18-16-23(26-19(2)34-42-28(26)32-18)29(39)36-14-6-8-25(37)33-24(17-21-9-11-22(41-5)12-10-21)30(40)35(4)20(3)27(38)31-13-7-15-36/h9-12,16,20,24H,6-8,13-15,17H2,1-5H3,(H,31,38)(H,33,37)/t20-,24-/m0/s1. The van der Waals surface area contributed by atoms with Crippen molar-refractivity contribution in [2.75, 3.05) is 33.8 Å². The Labute approximate surface area is 244 Å². The SMILES string of the molecule is COc1ccc(C[C@@H]2NC(=O)CCCN(C(=O)c3cc(C)nc4onc(C)c34)CCCNC(=O)[C@H](C)N(C)C2=O)cc1. The number of likely N-dealkylation sites (N-methyl/N-ethyl adjacent to an activating group) is 1. The van der Waals surface area contributed by atoms with E-state index < -0.39 is 12.1 Å². The first-order chi connectivity index (χ1) is 20.1. The zero-order valence-corrected chi connectivity index (χ0v) is 24.7. The van der Waals surface area contributed by atoms with Crippen molar-refractivity contribution in [1.29, 1.82) is 0 Å². The third-order valence-corrected chi connectivity index (χ3v) is 7.54. The minimum Gasteiger partial charge on any atom is -0.497 e. The molecule has 224 valence electrons. The van der Waals surface area contributed by atoms with Gasteiger partial charge in [0.1, 0.15) is 17.8 Å². The van der Waals surface area contributed by atoms with E-state index >= 15 is 0 Å². The van der Waals surface area contributed by atoms with Crippen LogP contribution in [0.1, 0.15) is 53.5 Å². The largest absolute Gasteiger partial charge is 0.497 e. The van der Waals surface area contributed by atoms with E-state index in [4.69, 9.17) is 9.26 Å². The second kappa shape index (κ2) is 13.5. The fraction of sp³-hybridized carbons (Fsp3) is 0.467. The molecule has 1 aromatic carbocycles. The molecule has 3 aromatic rings. The van der Waals surface area contributed by atoms with Crippen molar-refractivity contribution in [3.8, 4) is 5.75 Å². The van der Waals surface area contributed by atoms with Crippen LogP contribution in [-0.2, 0) is 20.8 Å². The molecule has 4 rings (SSSR count). The van der Waals surface area contributed by atoms with Crippen LogP contribution in [0.4, 0.5) is 0 Å². The first-order valence-corrected chi connectivity index (χ1v) is 14.1. The number of aromatic nitrogens is 2. The van der Waals surface area contributed by atoms with Crippen LogP contribution >= 0.6 is 0 Å². The molecule has 0 aliphatic carbocycles. The summed E-state index contributed by atoms with van der Waals surface area (Å²) in [5, 5.41) is 10.3. The minimum absolute atomic E-state index is 0.115. The van der Waals surface area contributed by atoms with Crippen LogP contribution in [0.25, 0.3) is 11.1 Å². The lowest BCUT2D eigenvalue weighted by Gasteiger charge is -2.29. The summed E-state index contributed by atoms with van der Waals surface area (Å²) in [6.07, 6.45) is 1.23. The summed E-state index contributed by atoms with van der Waals surface area (Å²) in [6, 6.07) is 7.33. The summed E-state index contributed by atoms with van der Waals surface area (Å²) in [5.74, 6) is -0.547. The fourth-order valence-corrected chi connectivity index (χ4v) is 5.01. The van der Waals surface area contributed by atoms with Gasteiger partial charge >= 0.3 is 0 Å². The Morgan fingerprint density at radius 3 is 2.55 bits per heavy atom. The molecular formula is C30H38N6O6. The van der Waals surface area contributed by atoms with E-state index in [0.29, 0.717) is 66.3 Å². The van der Waals surface area contributed by atoms with Gasteiger partial charge in [-0.3, -0.25) is 19.2 Å². The van der Waals surface area contributed by atoms with Gasteiger partial charge in [-0.1, -0.05) is 17.3 Å². The summed E-state index contributed by atoms with van der Waals surface area (Å²) in [4.78, 5) is 60.6. The summed E-state index contributed by atoms with van der Waals surface area (Å²) in [6.45, 7) is 6.16. The van der Waals surface area contributed by atoms with Crippen molar-refractivity contribution in [1.82, 2.24) is 30.6 Å². The maximum atomic E-state index is 13.8. The molecule has 1 aliphatic rings. The highest BCUT2D eigenvalue weighted by Gasteiger charge is 2.30. The first kappa shape index (κ1) is 30.5. The zero-order chi connectivity index (χ0) is 30.4. The highest BCUT2D eigenvalue weighted by molar-refractivity contribution is 6.06. The van der Waals surface area contributed by atoms with Crippen LogP contribution in [0.15, 0.2) is 34.9 Å². The van der Waals surface area contributed by atoms with E-state index in [-0.39, 0.29) is 36.5 Å². The van der Waals surface area contributed by atoms with Crippen molar-refractivity contribution in [2.45, 2.75) is 58.5 Å². The molecule has 2 aromatic heterocycles. The molecule has 1 saturated heterocycles. The molecule has 0 spiro atoms. The van der Waals surface area contributed by atoms with Crippen molar-refractivity contribution in [3.63, 3.8) is 0 Å². The van der Waals surface area contributed by atoms with Crippen molar-refractivity contribution in [2.24, 2.45) is 0 Å². The minimum atomic E-state index is -0.876. The Morgan fingerprint density at radius 2 is 1.83 bits per heavy atom. The number of methoxy groups -OCH3 is 1. The number of hydrogen-bond acceptors (Lipinski definition) is 8. The molecule has 4 amide bonds. The topological polar surface area (TPSA) is 147 Å². The Morgan fingerprint density at radius 1 is 1.12 bits per heavy atom. The molecule has 2 N–H and O–H groups in total. The number of carbonyl (C=O) groups excluding carboxylic acids is 4. The normalized spacial score (nSPS) is 19.6. The van der Waals surface area contributed by atoms with E-state index in [1.54, 1.807) is 58.0 Å². The number of aryl methyl sites for hydroxylation is 2. The van der Waals surface area contributed by atoms with E-state index in [0.717, 1.165) is 5.56 Å². The average Bonchev–Trinajstić information content (AvgIpc) is 3.35. The number of amides is 4. The van der Waals surface area contributed by atoms with E-state index in [1.807, 2.05) is 12.1 Å². The fourth-order valence-electron chi connectivity index (χ4n) is 5.01. The van der Waals surface area contributed by atoms with Gasteiger partial charge in [0, 0.05) is 45.2 Å². The number of fused-ring (bicyclic) bond motifs is 1. The summed E-state index contributed by atoms with van der Waals surface area (Å²) < 4.78 is 10.5. The van der Waals surface area contributed by atoms with Crippen molar-refractivity contribution in [3.05, 3.63) is 52.8 Å². The molecule has 12 heteroatoms. The van der Waals surface area contributed by atoms with Gasteiger partial charge < -0.3 is 29.7 Å². The smallest absolute Gasteiger partial charge is 0.258 e. The molecule has 12 nitrogen and oxygen atoms in total. The van der Waals surface area contributed by atoms with Gasteiger partial charge in [0.2, 0.25) is 17.7 Å². The molecule has 2 atom stereocenters. The van der Waals surface area contributed by atoms with E-state index in [2.05, 4.69) is 20.8 Å². The summed E-state index contributed by atoms with van der Waals surface area (Å²) in [5.41, 5.74) is 2.75. The maximum Gasteiger partial charge on any atom is 0.258 e. The molecule has 0 bridgehead atoms. The Bertz CT molecular complexity index is 1450. The molecule has 0 saturated carbocycles. The number of rotatable bonds is 4. The van der Waals surface area contributed by atoms with Gasteiger partial charge in [0.15, 0.2) is 0 Å². The quantitative estimate of drug-likeness (QED) is 0.479. The second-order valence-electron chi connectivity index (χ2n) is 10.6. The molecular weight excluding hydrogens is 540 g/mol. The van der Waals surface area contributed by atoms with Crippen molar-refractivity contribution >= 4 is 34.7 Å². The number of carbonyl (C=O) groups is 4. The predicted octanol–water partition coefficient (Wildman–Crippen LogP) is 2.16. The number of pyridine rings is 1. The van der Waals surface area contributed by atoms with Gasteiger partial charge in [-0.05, 0) is 57.4 Å². The van der Waals surface area contributed by atoms with Crippen LogP contribution in [0.3, 0.4) is 0 Å². The summed E-state index contributed by atoms with van der Waals surface area (Å²) >= 11 is 0. The Balaban J connectivity index is 1.56. The molecule has 3 heterocycles. The first-order valence-electron chi connectivity index (χ1n) is 14.1. The van der Waals surface area contributed by atoms with E-state index in [9.17, 15) is 19.2 Å². The molecule has 0 unspecified atom stereocenters. The number of nitrogens with one attached hydrogen (secondary N) is 2. The summed E-state index contributed by atoms with van der Waals surface area (Å²) in [7, 11) is 3.13. The third kappa shape index (κ3) is 7.04. The molecule has 42 heavy (non-hydrogen) atoms. The number of ether oxygens (including phenoxy) is 1. The second-order valence-corrected chi connectivity index (χ2v) is 10.6. The van der Waals surface area contributed by atoms with Gasteiger partial charge in [0.25, 0.3) is 11.6 Å². The monoisotopic (exact) mass is 578 g/mol. The highest BCUT2D eigenvalue weighted by Crippen LogP contribution is 2.24. The van der Waals surface area contributed by atoms with Crippen LogP contribution in [0.5, 0.6) is 5.75 Å². The number of benzene rings is 1. The Kier molecular flexibility index (Phi) is 9.76. The maximum absolute atomic E-state index is 13.8. The van der Waals surface area contributed by atoms with E-state index in [1.165, 1.54) is 4.90 Å². The van der Waals surface area contributed by atoms with Crippen LogP contribution in [0, 0.1) is 13.8 Å². The average molecular weight is 579 g/mol. The van der Waals surface area contributed by atoms with Crippen LogP contribution < -0.4 is 15.4 Å². The van der Waals surface area contributed by atoms with Crippen molar-refractivity contribution < 1.29 is 28.4 Å². The number of nitrogens with zero attached hydrogens (tertiary/aromatic N) is 4. The van der Waals surface area contributed by atoms with Gasteiger partial charge in [0.05, 0.1) is 23.8 Å². The molecule has 0 radical (unpaired) electrons. The lowest BCUT2D eigenvalue weighted by atomic mass is 10.0. The van der Waals surface area contributed by atoms with Gasteiger partial charge in [-0.2, -0.15) is 0 Å². The third-order valence-electron chi connectivity index (χ3n) is 7.54. The highest BCUT2D eigenvalue weighted by atomic mass is 16.5. The van der Waals surface area contributed by atoms with Crippen LogP contribution in [0.2, 0.25) is 0 Å². The lowest BCUT2D eigenvalue weighted by molar-refractivity contribution is -0.141. The van der Waals surface area contributed by atoms with Gasteiger partial charge in [-0.15, -0.1) is 0 Å². The lowest BCUT2D eigenvalue weighted by Crippen LogP contribution is -2.54. The Hall–Kier alpha value is -4.48. The predicted molar refractivity (Wildman–Crippen MR) is 155 cm³/mol. The molecule has 1 fully saturated rings. The van der Waals surface area contributed by atoms with Crippen LogP contribution in [-0.4, -0.2) is 89.4 Å². The van der Waals surface area contributed by atoms with Gasteiger partial charge in [-0.25, -0.2) is 4.98 Å².